The summed E-state index contributed by atoms with van der Waals surface area (Å²) in [6, 6.07) is 1.73. The number of carbonyl (C=O) groups is 2. The minimum absolute atomic E-state index is 0.0918. The summed E-state index contributed by atoms with van der Waals surface area (Å²) in [6.45, 7) is 9.69. The lowest BCUT2D eigenvalue weighted by Gasteiger charge is -2.35. The third kappa shape index (κ3) is 5.30. The van der Waals surface area contributed by atoms with Crippen LogP contribution >= 0.6 is 11.3 Å². The fraction of sp³-hybridized carbons (Fsp3) is 0.625. The first-order valence-electron chi connectivity index (χ1n) is 7.90. The van der Waals surface area contributed by atoms with Gasteiger partial charge in [-0.05, 0) is 17.4 Å². The number of carbonyl (C=O) groups excluding carboxylic acids is 2. The first kappa shape index (κ1) is 17.9. The number of esters is 1. The van der Waals surface area contributed by atoms with Gasteiger partial charge in [0, 0.05) is 32.7 Å². The highest BCUT2D eigenvalue weighted by Gasteiger charge is 2.21. The molecule has 0 saturated carbocycles. The van der Waals surface area contributed by atoms with Crippen LogP contribution in [0.3, 0.4) is 0 Å². The van der Waals surface area contributed by atoms with Crippen LogP contribution in [-0.4, -0.2) is 68.1 Å². The second kappa shape index (κ2) is 8.42. The van der Waals surface area contributed by atoms with E-state index >= 15 is 0 Å². The van der Waals surface area contributed by atoms with E-state index in [0.717, 1.165) is 32.7 Å². The molecule has 1 aliphatic heterocycles. The lowest BCUT2D eigenvalue weighted by atomic mass is 10.2. The number of nitrogens with one attached hydrogen (secondary N) is 1. The van der Waals surface area contributed by atoms with E-state index in [1.807, 2.05) is 0 Å². The first-order chi connectivity index (χ1) is 11.0. The summed E-state index contributed by atoms with van der Waals surface area (Å²) in [6.07, 6.45) is 0. The molecule has 0 bridgehead atoms. The zero-order valence-corrected chi connectivity index (χ0v) is 14.8. The topological polar surface area (TPSA) is 61.9 Å². The lowest BCUT2D eigenvalue weighted by Crippen LogP contribution is -2.49. The van der Waals surface area contributed by atoms with Crippen molar-refractivity contribution in [3.8, 4) is 0 Å². The van der Waals surface area contributed by atoms with E-state index in [1.165, 1.54) is 18.4 Å². The molecule has 0 aliphatic carbocycles. The van der Waals surface area contributed by atoms with E-state index in [4.69, 9.17) is 4.74 Å². The van der Waals surface area contributed by atoms with Crippen LogP contribution in [0.15, 0.2) is 11.4 Å². The van der Waals surface area contributed by atoms with Crippen molar-refractivity contribution in [3.63, 3.8) is 0 Å². The maximum Gasteiger partial charge on any atom is 0.350 e. The minimum atomic E-state index is -0.419. The summed E-state index contributed by atoms with van der Waals surface area (Å²) in [5, 5.41) is 4.58. The Bertz CT molecular complexity index is 536. The first-order valence-corrected chi connectivity index (χ1v) is 8.78. The maximum atomic E-state index is 12.2. The number of hydrogen-bond donors (Lipinski definition) is 1. The molecule has 0 aromatic carbocycles. The number of thiophene rings is 1. The largest absolute Gasteiger partial charge is 0.465 e. The fourth-order valence-corrected chi connectivity index (χ4v) is 3.46. The quantitative estimate of drug-likeness (QED) is 0.800. The van der Waals surface area contributed by atoms with Crippen molar-refractivity contribution in [2.24, 2.45) is 5.92 Å². The van der Waals surface area contributed by atoms with E-state index in [9.17, 15) is 9.59 Å². The summed E-state index contributed by atoms with van der Waals surface area (Å²) in [4.78, 5) is 28.8. The smallest absolute Gasteiger partial charge is 0.350 e. The number of piperazine rings is 1. The van der Waals surface area contributed by atoms with Crippen molar-refractivity contribution in [1.82, 2.24) is 9.80 Å². The van der Waals surface area contributed by atoms with E-state index < -0.39 is 5.97 Å². The van der Waals surface area contributed by atoms with Gasteiger partial charge in [0.15, 0.2) is 0 Å². The fourth-order valence-electron chi connectivity index (χ4n) is 2.70. The molecule has 0 spiro atoms. The van der Waals surface area contributed by atoms with Crippen LogP contribution in [0.1, 0.15) is 23.5 Å². The van der Waals surface area contributed by atoms with Gasteiger partial charge in [-0.1, -0.05) is 13.8 Å². The van der Waals surface area contributed by atoms with Crippen LogP contribution in [0.2, 0.25) is 0 Å². The Kier molecular flexibility index (Phi) is 6.56. The van der Waals surface area contributed by atoms with Crippen molar-refractivity contribution in [3.05, 3.63) is 16.3 Å². The summed E-state index contributed by atoms with van der Waals surface area (Å²) < 4.78 is 4.71. The zero-order valence-electron chi connectivity index (χ0n) is 14.0. The molecule has 1 saturated heterocycles. The van der Waals surface area contributed by atoms with Gasteiger partial charge in [0.05, 0.1) is 19.3 Å². The van der Waals surface area contributed by atoms with Gasteiger partial charge >= 0.3 is 5.97 Å². The molecule has 6 nitrogen and oxygen atoms in total. The molecule has 23 heavy (non-hydrogen) atoms. The number of methoxy groups -OCH3 is 1. The summed E-state index contributed by atoms with van der Waals surface area (Å²) in [5.74, 6) is 0.156. The molecule has 7 heteroatoms. The van der Waals surface area contributed by atoms with E-state index in [0.29, 0.717) is 23.0 Å². The van der Waals surface area contributed by atoms with Crippen molar-refractivity contribution in [2.75, 3.05) is 51.7 Å². The molecular weight excluding hydrogens is 314 g/mol. The molecule has 0 unspecified atom stereocenters. The standard InChI is InChI=1S/C16H25N3O3S/c1-12(2)10-18-5-7-19(8-6-18)11-14(20)17-13-4-9-23-15(13)16(21)22-3/h4,9,12H,5-8,10-11H2,1-3H3,(H,17,20). The van der Waals surface area contributed by atoms with Crippen molar-refractivity contribution in [1.29, 1.82) is 0 Å². The molecule has 2 heterocycles. The number of anilines is 1. The molecule has 0 atom stereocenters. The van der Waals surface area contributed by atoms with Gasteiger partial charge in [-0.15, -0.1) is 11.3 Å². The number of amides is 1. The number of hydrogen-bond acceptors (Lipinski definition) is 6. The van der Waals surface area contributed by atoms with Crippen LogP contribution in [0.4, 0.5) is 5.69 Å². The second-order valence-corrected chi connectivity index (χ2v) is 7.09. The van der Waals surface area contributed by atoms with E-state index in [-0.39, 0.29) is 5.91 Å². The summed E-state index contributed by atoms with van der Waals surface area (Å²) >= 11 is 1.27. The van der Waals surface area contributed by atoms with Crippen LogP contribution < -0.4 is 5.32 Å². The van der Waals surface area contributed by atoms with Crippen molar-refractivity contribution >= 4 is 28.9 Å². The molecule has 0 radical (unpaired) electrons. The zero-order chi connectivity index (χ0) is 16.8. The average Bonchev–Trinajstić information content (AvgIpc) is 2.96. The highest BCUT2D eigenvalue weighted by Crippen LogP contribution is 2.23. The molecule has 1 aliphatic rings. The van der Waals surface area contributed by atoms with Gasteiger partial charge in [0.25, 0.3) is 0 Å². The van der Waals surface area contributed by atoms with Gasteiger partial charge in [0.1, 0.15) is 4.88 Å². The Labute approximate surface area is 141 Å². The monoisotopic (exact) mass is 339 g/mol. The highest BCUT2D eigenvalue weighted by atomic mass is 32.1. The Hall–Kier alpha value is -1.44. The van der Waals surface area contributed by atoms with Crippen LogP contribution in [-0.2, 0) is 9.53 Å². The predicted octanol–water partition coefficient (Wildman–Crippen LogP) is 1.75. The van der Waals surface area contributed by atoms with Crippen molar-refractivity contribution in [2.45, 2.75) is 13.8 Å². The molecule has 1 aromatic rings. The van der Waals surface area contributed by atoms with E-state index in [2.05, 4.69) is 29.0 Å². The Balaban J connectivity index is 1.80. The number of rotatable bonds is 6. The normalized spacial score (nSPS) is 16.5. The van der Waals surface area contributed by atoms with Crippen molar-refractivity contribution < 1.29 is 14.3 Å². The lowest BCUT2D eigenvalue weighted by molar-refractivity contribution is -0.117. The molecular formula is C16H25N3O3S. The molecule has 1 fully saturated rings. The maximum absolute atomic E-state index is 12.2. The third-order valence-electron chi connectivity index (χ3n) is 3.77. The SMILES string of the molecule is COC(=O)c1sccc1NC(=O)CN1CCN(CC(C)C)CC1. The van der Waals surface area contributed by atoms with Crippen LogP contribution in [0.5, 0.6) is 0 Å². The van der Waals surface area contributed by atoms with Crippen LogP contribution in [0, 0.1) is 5.92 Å². The van der Waals surface area contributed by atoms with Gasteiger partial charge in [-0.25, -0.2) is 4.79 Å². The third-order valence-corrected chi connectivity index (χ3v) is 4.66. The molecule has 1 amide bonds. The second-order valence-electron chi connectivity index (χ2n) is 6.17. The Morgan fingerprint density at radius 1 is 1.26 bits per heavy atom. The summed E-state index contributed by atoms with van der Waals surface area (Å²) in [7, 11) is 1.34. The van der Waals surface area contributed by atoms with Gasteiger partial charge < -0.3 is 15.0 Å². The number of ether oxygens (including phenoxy) is 1. The highest BCUT2D eigenvalue weighted by molar-refractivity contribution is 7.12. The van der Waals surface area contributed by atoms with Gasteiger partial charge in [-0.2, -0.15) is 0 Å². The van der Waals surface area contributed by atoms with Gasteiger partial charge in [0.2, 0.25) is 5.91 Å². The Morgan fingerprint density at radius 2 is 1.91 bits per heavy atom. The predicted molar refractivity (Wildman–Crippen MR) is 92.0 cm³/mol. The molecule has 2 rings (SSSR count). The minimum Gasteiger partial charge on any atom is -0.465 e. The number of nitrogens with zero attached hydrogens (tertiary/aromatic N) is 2. The Morgan fingerprint density at radius 3 is 2.52 bits per heavy atom. The molecule has 1 aromatic heterocycles. The molecule has 128 valence electrons. The van der Waals surface area contributed by atoms with E-state index in [1.54, 1.807) is 11.4 Å². The van der Waals surface area contributed by atoms with Gasteiger partial charge in [-0.3, -0.25) is 9.69 Å². The van der Waals surface area contributed by atoms with Crippen LogP contribution in [0.25, 0.3) is 0 Å². The average molecular weight is 339 g/mol. The molecule has 1 N–H and O–H groups in total. The summed E-state index contributed by atoms with van der Waals surface area (Å²) in [5.41, 5.74) is 0.533.